The molecule has 44 heavy (non-hydrogen) atoms. The molecule has 1 aliphatic carbocycles. The van der Waals surface area contributed by atoms with E-state index < -0.39 is 17.7 Å². The third-order valence-corrected chi connectivity index (χ3v) is 9.43. The Morgan fingerprint density at radius 3 is 2.43 bits per heavy atom. The first-order valence-corrected chi connectivity index (χ1v) is 16.0. The number of hydrogen-bond acceptors (Lipinski definition) is 5. The van der Waals surface area contributed by atoms with Crippen molar-refractivity contribution in [2.45, 2.75) is 95.5 Å². The predicted octanol–water partition coefficient (Wildman–Crippen LogP) is 6.35. The van der Waals surface area contributed by atoms with Crippen molar-refractivity contribution in [3.63, 3.8) is 0 Å². The molecule has 0 spiro atoms. The van der Waals surface area contributed by atoms with Gasteiger partial charge in [-0.25, -0.2) is 9.59 Å². The minimum Gasteiger partial charge on any atom is -0.445 e. The summed E-state index contributed by atoms with van der Waals surface area (Å²) in [6.07, 6.45) is 6.73. The summed E-state index contributed by atoms with van der Waals surface area (Å²) in [6, 6.07) is 16.7. The number of alkyl carbamates (subject to hydrolysis) is 1. The quantitative estimate of drug-likeness (QED) is 0.343. The molecule has 2 saturated heterocycles. The van der Waals surface area contributed by atoms with Gasteiger partial charge in [-0.05, 0) is 63.1 Å². The summed E-state index contributed by atoms with van der Waals surface area (Å²) in [7, 11) is 0. The largest absolute Gasteiger partial charge is 0.445 e. The molecule has 9 nitrogen and oxygen atoms in total. The lowest BCUT2D eigenvalue weighted by molar-refractivity contribution is -0.136. The lowest BCUT2D eigenvalue weighted by Gasteiger charge is -2.36. The average molecular weight is 601 g/mol. The Balaban J connectivity index is 1.29. The van der Waals surface area contributed by atoms with Gasteiger partial charge in [-0.2, -0.15) is 0 Å². The molecule has 2 N–H and O–H groups in total. The van der Waals surface area contributed by atoms with Crippen LogP contribution in [0.1, 0.15) is 76.3 Å². The zero-order chi connectivity index (χ0) is 30.8. The molecule has 6 rings (SSSR count). The van der Waals surface area contributed by atoms with Gasteiger partial charge in [0.25, 0.3) is 0 Å². The van der Waals surface area contributed by atoms with Gasteiger partial charge in [0.2, 0.25) is 5.91 Å². The van der Waals surface area contributed by atoms with Crippen LogP contribution < -0.4 is 5.32 Å². The molecule has 3 fully saturated rings. The van der Waals surface area contributed by atoms with E-state index >= 15 is 0 Å². The fourth-order valence-electron chi connectivity index (χ4n) is 7.49. The van der Waals surface area contributed by atoms with Crippen LogP contribution in [0.3, 0.4) is 0 Å². The monoisotopic (exact) mass is 600 g/mol. The predicted molar refractivity (Wildman–Crippen MR) is 168 cm³/mol. The topological polar surface area (TPSA) is 104 Å². The number of carbonyl (C=O) groups excluding carboxylic acids is 3. The van der Waals surface area contributed by atoms with Crippen LogP contribution in [-0.4, -0.2) is 69.7 Å². The number of likely N-dealkylation sites (tertiary alicyclic amines) is 2. The van der Waals surface area contributed by atoms with E-state index in [2.05, 4.69) is 16.4 Å². The Morgan fingerprint density at radius 2 is 1.68 bits per heavy atom. The van der Waals surface area contributed by atoms with Gasteiger partial charge in [-0.1, -0.05) is 67.8 Å². The van der Waals surface area contributed by atoms with Crippen molar-refractivity contribution in [3.8, 4) is 0 Å². The Kier molecular flexibility index (Phi) is 8.56. The first-order chi connectivity index (χ1) is 21.2. The number of nitrogens with one attached hydrogen (secondary N) is 2. The molecule has 3 aromatic rings. The number of aromatic nitrogens is 1. The third kappa shape index (κ3) is 6.28. The molecule has 1 unspecified atom stereocenters. The van der Waals surface area contributed by atoms with Crippen LogP contribution in [0, 0.1) is 5.92 Å². The SMILES string of the molecule is CC(C)(C)OC(=O)NC(C(=O)N1CC[C@@H]2[C@H]1[C@@H](c1c[nH]c3ccccc13)CN2C(=O)OCc1ccccc1)C1CCCCC1. The summed E-state index contributed by atoms with van der Waals surface area (Å²) in [5.41, 5.74) is 2.36. The van der Waals surface area contributed by atoms with Crippen LogP contribution in [0.4, 0.5) is 9.59 Å². The number of fused-ring (bicyclic) bond motifs is 2. The van der Waals surface area contributed by atoms with Crippen molar-refractivity contribution in [2.24, 2.45) is 5.92 Å². The van der Waals surface area contributed by atoms with E-state index in [0.717, 1.165) is 54.1 Å². The molecular formula is C35H44N4O5. The van der Waals surface area contributed by atoms with Gasteiger partial charge in [0, 0.05) is 36.1 Å². The van der Waals surface area contributed by atoms with Crippen molar-refractivity contribution in [3.05, 3.63) is 71.9 Å². The van der Waals surface area contributed by atoms with Crippen molar-refractivity contribution >= 4 is 29.0 Å². The molecule has 0 bridgehead atoms. The molecular weight excluding hydrogens is 556 g/mol. The van der Waals surface area contributed by atoms with Gasteiger partial charge in [0.15, 0.2) is 0 Å². The minimum absolute atomic E-state index is 0.0442. The van der Waals surface area contributed by atoms with E-state index in [9.17, 15) is 14.4 Å². The van der Waals surface area contributed by atoms with Crippen LogP contribution in [0.15, 0.2) is 60.8 Å². The highest BCUT2D eigenvalue weighted by atomic mass is 16.6. The summed E-state index contributed by atoms with van der Waals surface area (Å²) in [5, 5.41) is 4.08. The van der Waals surface area contributed by atoms with Crippen LogP contribution in [0.5, 0.6) is 0 Å². The second kappa shape index (κ2) is 12.5. The first-order valence-electron chi connectivity index (χ1n) is 16.0. The van der Waals surface area contributed by atoms with Crippen LogP contribution in [0.2, 0.25) is 0 Å². The van der Waals surface area contributed by atoms with E-state index in [4.69, 9.17) is 9.47 Å². The average Bonchev–Trinajstić information content (AvgIpc) is 3.73. The fourth-order valence-corrected chi connectivity index (χ4v) is 7.49. The van der Waals surface area contributed by atoms with Crippen LogP contribution in [-0.2, 0) is 20.9 Å². The van der Waals surface area contributed by atoms with E-state index in [0.29, 0.717) is 19.5 Å². The number of nitrogens with zero attached hydrogens (tertiary/aromatic N) is 2. The summed E-state index contributed by atoms with van der Waals surface area (Å²) >= 11 is 0. The molecule has 9 heteroatoms. The maximum Gasteiger partial charge on any atom is 0.410 e. The number of carbonyl (C=O) groups is 3. The highest BCUT2D eigenvalue weighted by Gasteiger charge is 2.54. The first kappa shape index (κ1) is 30.0. The number of amides is 3. The van der Waals surface area contributed by atoms with Gasteiger partial charge in [-0.15, -0.1) is 0 Å². The zero-order valence-corrected chi connectivity index (χ0v) is 26.0. The Bertz CT molecular complexity index is 1480. The molecule has 3 amide bonds. The molecule has 4 atom stereocenters. The molecule has 1 saturated carbocycles. The van der Waals surface area contributed by atoms with Gasteiger partial charge < -0.3 is 29.6 Å². The fraction of sp³-hybridized carbons (Fsp3) is 0.514. The van der Waals surface area contributed by atoms with Gasteiger partial charge in [0.05, 0.1) is 12.1 Å². The summed E-state index contributed by atoms with van der Waals surface area (Å²) in [4.78, 5) is 48.3. The maximum absolute atomic E-state index is 14.6. The number of benzene rings is 2. The van der Waals surface area contributed by atoms with Crippen molar-refractivity contribution in [1.82, 2.24) is 20.1 Å². The second-order valence-electron chi connectivity index (χ2n) is 13.5. The lowest BCUT2D eigenvalue weighted by atomic mass is 9.83. The maximum atomic E-state index is 14.6. The molecule has 3 aliphatic rings. The Morgan fingerprint density at radius 1 is 0.955 bits per heavy atom. The zero-order valence-electron chi connectivity index (χ0n) is 26.0. The number of H-pyrrole nitrogens is 1. The smallest absolute Gasteiger partial charge is 0.410 e. The van der Waals surface area contributed by atoms with Gasteiger partial charge in [0.1, 0.15) is 18.2 Å². The number of para-hydroxylation sites is 1. The number of rotatable bonds is 6. The van der Waals surface area contributed by atoms with Crippen molar-refractivity contribution < 1.29 is 23.9 Å². The third-order valence-electron chi connectivity index (χ3n) is 9.43. The van der Waals surface area contributed by atoms with Crippen LogP contribution in [0.25, 0.3) is 10.9 Å². The highest BCUT2D eigenvalue weighted by Crippen LogP contribution is 2.44. The molecule has 0 radical (unpaired) electrons. The molecule has 1 aromatic heterocycles. The summed E-state index contributed by atoms with van der Waals surface area (Å²) in [5.74, 6) is -0.150. The molecule has 3 heterocycles. The van der Waals surface area contributed by atoms with Gasteiger partial charge >= 0.3 is 12.2 Å². The van der Waals surface area contributed by atoms with Crippen LogP contribution >= 0.6 is 0 Å². The van der Waals surface area contributed by atoms with Gasteiger partial charge in [-0.3, -0.25) is 4.79 Å². The second-order valence-corrected chi connectivity index (χ2v) is 13.5. The standard InChI is InChI=1S/C35H44N4O5/c1-35(2,3)44-33(41)37-30(24-14-8-5-9-15-24)32(40)38-19-18-29-31(38)27(26-20-36-28-17-11-10-16-25(26)28)21-39(29)34(42)43-22-23-12-6-4-7-13-23/h4,6-7,10-13,16-17,20,24,27,29-31,36H,5,8-9,14-15,18-19,21-22H2,1-3H3,(H,37,41)/t27-,29-,30?,31-/m1/s1. The minimum atomic E-state index is -0.674. The normalized spacial score (nSPS) is 22.9. The summed E-state index contributed by atoms with van der Waals surface area (Å²) < 4.78 is 11.4. The van der Waals surface area contributed by atoms with Crippen molar-refractivity contribution in [2.75, 3.05) is 13.1 Å². The Labute approximate surface area is 259 Å². The van der Waals surface area contributed by atoms with E-state index in [1.807, 2.05) is 85.3 Å². The summed E-state index contributed by atoms with van der Waals surface area (Å²) in [6.45, 7) is 6.62. The number of aromatic amines is 1. The lowest BCUT2D eigenvalue weighted by Crippen LogP contribution is -2.55. The van der Waals surface area contributed by atoms with E-state index in [1.165, 1.54) is 0 Å². The number of ether oxygens (including phenoxy) is 2. The highest BCUT2D eigenvalue weighted by molar-refractivity contribution is 5.88. The van der Waals surface area contributed by atoms with Crippen molar-refractivity contribution in [1.29, 1.82) is 0 Å². The number of hydrogen-bond donors (Lipinski definition) is 2. The van der Waals surface area contributed by atoms with E-state index in [-0.39, 0.29) is 42.5 Å². The Hall–Kier alpha value is -4.01. The molecule has 2 aliphatic heterocycles. The molecule has 2 aromatic carbocycles. The molecule has 234 valence electrons. The van der Waals surface area contributed by atoms with E-state index in [1.54, 1.807) is 0 Å².